The van der Waals surface area contributed by atoms with Gasteiger partial charge < -0.3 is 19.9 Å². The van der Waals surface area contributed by atoms with Crippen LogP contribution in [0.5, 0.6) is 5.75 Å². The van der Waals surface area contributed by atoms with Crippen molar-refractivity contribution in [3.05, 3.63) is 65.2 Å². The molecule has 44 heavy (non-hydrogen) atoms. The predicted molar refractivity (Wildman–Crippen MR) is 174 cm³/mol. The van der Waals surface area contributed by atoms with E-state index in [9.17, 15) is 14.7 Å². The second-order valence-electron chi connectivity index (χ2n) is 16.2. The molecule has 2 N–H and O–H groups in total. The van der Waals surface area contributed by atoms with Crippen LogP contribution in [0.25, 0.3) is 0 Å². The van der Waals surface area contributed by atoms with Gasteiger partial charge in [0.1, 0.15) is 17.4 Å². The molecule has 2 aromatic carbocycles. The smallest absolute Gasteiger partial charge is 0.413 e. The van der Waals surface area contributed by atoms with Crippen LogP contribution in [0.1, 0.15) is 110 Å². The van der Waals surface area contributed by atoms with Crippen molar-refractivity contribution in [2.45, 2.75) is 123 Å². The van der Waals surface area contributed by atoms with E-state index in [0.717, 1.165) is 50.5 Å². The molecule has 3 aliphatic rings. The van der Waals surface area contributed by atoms with Crippen LogP contribution >= 0.6 is 0 Å². The molecule has 240 valence electrons. The second-order valence-corrected chi connectivity index (χ2v) is 16.2. The minimum atomic E-state index is -0.873. The van der Waals surface area contributed by atoms with Crippen molar-refractivity contribution < 1.29 is 24.2 Å². The summed E-state index contributed by atoms with van der Waals surface area (Å²) < 4.78 is 11.4. The van der Waals surface area contributed by atoms with Crippen LogP contribution in [0.4, 0.5) is 4.79 Å². The highest BCUT2D eigenvalue weighted by molar-refractivity contribution is 5.82. The molecule has 2 unspecified atom stereocenters. The van der Waals surface area contributed by atoms with Gasteiger partial charge in [-0.05, 0) is 129 Å². The number of carbonyl (C=O) groups is 2. The number of aliphatic hydroxyl groups is 1. The van der Waals surface area contributed by atoms with E-state index in [1.165, 1.54) is 11.1 Å². The van der Waals surface area contributed by atoms with Crippen molar-refractivity contribution in [2.24, 2.45) is 28.6 Å². The van der Waals surface area contributed by atoms with Crippen molar-refractivity contribution >= 4 is 12.1 Å². The molecular weight excluding hydrogens is 550 g/mol. The average molecular weight is 604 g/mol. The van der Waals surface area contributed by atoms with E-state index in [-0.39, 0.29) is 16.9 Å². The van der Waals surface area contributed by atoms with E-state index >= 15 is 0 Å². The monoisotopic (exact) mass is 603 g/mol. The van der Waals surface area contributed by atoms with Gasteiger partial charge in [-0.2, -0.15) is 0 Å². The Balaban J connectivity index is 1.35. The van der Waals surface area contributed by atoms with Crippen LogP contribution in [0.15, 0.2) is 48.5 Å². The lowest BCUT2D eigenvalue weighted by molar-refractivity contribution is -0.157. The number of esters is 1. The largest absolute Gasteiger partial charge is 0.458 e. The van der Waals surface area contributed by atoms with Crippen LogP contribution in [0.3, 0.4) is 0 Å². The van der Waals surface area contributed by atoms with Crippen LogP contribution < -0.4 is 10.1 Å². The first-order valence-corrected chi connectivity index (χ1v) is 16.7. The van der Waals surface area contributed by atoms with Gasteiger partial charge in [0, 0.05) is 6.42 Å². The quantitative estimate of drug-likeness (QED) is 0.313. The summed E-state index contributed by atoms with van der Waals surface area (Å²) in [5.74, 6) is 2.13. The normalized spacial score (nSPS) is 28.7. The molecule has 0 aromatic heterocycles. The number of ether oxygens (including phenoxy) is 2. The Morgan fingerprint density at radius 2 is 1.75 bits per heavy atom. The number of carbonyl (C=O) groups excluding carboxylic acids is 2. The zero-order valence-electron chi connectivity index (χ0n) is 27.8. The maximum atomic E-state index is 13.2. The van der Waals surface area contributed by atoms with Crippen molar-refractivity contribution in [1.29, 1.82) is 0 Å². The molecular formula is C38H53NO5. The van der Waals surface area contributed by atoms with Gasteiger partial charge in [-0.3, -0.25) is 0 Å². The standard InChI is InChI=1S/C38H53NO5/c1-36(2,3)19-17-25-22-26-23-27(13-14-28(26)29-18-20-38(7)30(33(25)29)15-16-32(38)40)43-35(42)39-31(34(41)44-37(4,5)6)21-24-11-9-8-10-12-24/h8-14,23,25,29-33,40H,15-22H2,1-7H3,(H,39,42)/t25-,29?,30?,31+,32+,33-,38+/m1/s1. The number of fused-ring (bicyclic) bond motifs is 5. The predicted octanol–water partition coefficient (Wildman–Crippen LogP) is 8.00. The van der Waals surface area contributed by atoms with E-state index in [2.05, 4.69) is 39.1 Å². The molecule has 0 radical (unpaired) electrons. The van der Waals surface area contributed by atoms with Crippen LogP contribution in [-0.2, 0) is 22.4 Å². The molecule has 0 spiro atoms. The summed E-state index contributed by atoms with van der Waals surface area (Å²) in [5, 5.41) is 13.8. The van der Waals surface area contributed by atoms with Gasteiger partial charge >= 0.3 is 12.1 Å². The third kappa shape index (κ3) is 7.33. The zero-order valence-corrected chi connectivity index (χ0v) is 27.8. The fraction of sp³-hybridized carbons (Fsp3) is 0.632. The molecule has 0 aliphatic heterocycles. The van der Waals surface area contributed by atoms with Gasteiger partial charge in [0.15, 0.2) is 0 Å². The Hall–Kier alpha value is -2.86. The minimum absolute atomic E-state index is 0.0181. The first kappa shape index (κ1) is 32.5. The molecule has 7 atom stereocenters. The summed E-state index contributed by atoms with van der Waals surface area (Å²) in [5.41, 5.74) is 3.18. The molecule has 6 heteroatoms. The van der Waals surface area contributed by atoms with Crippen LogP contribution in [-0.4, -0.2) is 34.9 Å². The van der Waals surface area contributed by atoms with Crippen LogP contribution in [0, 0.1) is 28.6 Å². The average Bonchev–Trinajstić information content (AvgIpc) is 3.24. The lowest BCUT2D eigenvalue weighted by atomic mass is 9.52. The summed E-state index contributed by atoms with van der Waals surface area (Å²) in [4.78, 5) is 26.2. The fourth-order valence-corrected chi connectivity index (χ4v) is 8.40. The molecule has 1 amide bonds. The van der Waals surface area contributed by atoms with Crippen molar-refractivity contribution in [3.63, 3.8) is 0 Å². The van der Waals surface area contributed by atoms with E-state index in [0.29, 0.717) is 35.8 Å². The molecule has 0 heterocycles. The molecule has 0 bridgehead atoms. The third-order valence-corrected chi connectivity index (χ3v) is 10.6. The number of rotatable bonds is 7. The van der Waals surface area contributed by atoms with Gasteiger partial charge in [0.2, 0.25) is 0 Å². The number of benzene rings is 2. The van der Waals surface area contributed by atoms with Gasteiger partial charge in [-0.25, -0.2) is 9.59 Å². The van der Waals surface area contributed by atoms with E-state index < -0.39 is 23.7 Å². The van der Waals surface area contributed by atoms with Gasteiger partial charge in [0.05, 0.1) is 6.10 Å². The fourth-order valence-electron chi connectivity index (χ4n) is 8.40. The number of hydrogen-bond acceptors (Lipinski definition) is 5. The minimum Gasteiger partial charge on any atom is -0.458 e. The maximum Gasteiger partial charge on any atom is 0.413 e. The number of hydrogen-bond donors (Lipinski definition) is 2. The first-order chi connectivity index (χ1) is 20.6. The lowest BCUT2D eigenvalue weighted by Gasteiger charge is -2.53. The zero-order chi connectivity index (χ0) is 31.9. The summed E-state index contributed by atoms with van der Waals surface area (Å²) in [6, 6.07) is 14.8. The van der Waals surface area contributed by atoms with E-state index in [1.807, 2.05) is 63.2 Å². The van der Waals surface area contributed by atoms with E-state index in [1.54, 1.807) is 0 Å². The molecule has 2 aromatic rings. The van der Waals surface area contributed by atoms with Crippen LogP contribution in [0.2, 0.25) is 0 Å². The van der Waals surface area contributed by atoms with E-state index in [4.69, 9.17) is 9.47 Å². The Morgan fingerprint density at radius 3 is 2.43 bits per heavy atom. The Morgan fingerprint density at radius 1 is 1.02 bits per heavy atom. The highest BCUT2D eigenvalue weighted by Gasteiger charge is 2.56. The van der Waals surface area contributed by atoms with Gasteiger partial charge in [-0.1, -0.05) is 64.1 Å². The first-order valence-electron chi connectivity index (χ1n) is 16.7. The SMILES string of the molecule is CC(C)(C)CC[C@@H]1Cc2cc(OC(=O)N[C@@H](Cc3ccccc3)C(=O)OC(C)(C)C)ccc2C2CC[C@@]3(C)C(CC[C@@H]3O)[C@@H]21. The lowest BCUT2D eigenvalue weighted by Crippen LogP contribution is -2.47. The Bertz CT molecular complexity index is 1320. The summed E-state index contributed by atoms with van der Waals surface area (Å²) in [7, 11) is 0. The topological polar surface area (TPSA) is 84.9 Å². The molecule has 2 fully saturated rings. The highest BCUT2D eigenvalue weighted by Crippen LogP contribution is 2.63. The summed E-state index contributed by atoms with van der Waals surface area (Å²) in [6.45, 7) is 14.7. The van der Waals surface area contributed by atoms with Gasteiger partial charge in [0.25, 0.3) is 0 Å². The molecule has 3 aliphatic carbocycles. The third-order valence-electron chi connectivity index (χ3n) is 10.6. The Kier molecular flexibility index (Phi) is 9.24. The molecule has 0 saturated heterocycles. The van der Waals surface area contributed by atoms with Gasteiger partial charge in [-0.15, -0.1) is 0 Å². The van der Waals surface area contributed by atoms with Crippen molar-refractivity contribution in [2.75, 3.05) is 0 Å². The Labute approximate surface area is 264 Å². The number of nitrogens with one attached hydrogen (secondary N) is 1. The van der Waals surface area contributed by atoms with Crippen molar-refractivity contribution in [1.82, 2.24) is 5.32 Å². The molecule has 6 nitrogen and oxygen atoms in total. The second kappa shape index (κ2) is 12.5. The maximum absolute atomic E-state index is 13.2. The summed E-state index contributed by atoms with van der Waals surface area (Å²) in [6.07, 6.45) is 6.91. The highest BCUT2D eigenvalue weighted by atomic mass is 16.6. The number of aliphatic hydroxyl groups excluding tert-OH is 1. The number of amides is 1. The summed E-state index contributed by atoms with van der Waals surface area (Å²) >= 11 is 0. The molecule has 2 saturated carbocycles. The van der Waals surface area contributed by atoms with Crippen molar-refractivity contribution in [3.8, 4) is 5.75 Å². The molecule has 5 rings (SSSR count).